The van der Waals surface area contributed by atoms with E-state index in [9.17, 15) is 0 Å². The minimum absolute atomic E-state index is 0.0000813. The molecule has 0 aliphatic rings. The van der Waals surface area contributed by atoms with E-state index in [1.165, 1.54) is 0 Å². The molecule has 1 aromatic carbocycles. The lowest BCUT2D eigenvalue weighted by Crippen LogP contribution is -2.33. The van der Waals surface area contributed by atoms with Gasteiger partial charge in [-0.3, -0.25) is 0 Å². The first kappa shape index (κ1) is 10.9. The van der Waals surface area contributed by atoms with E-state index in [-0.39, 0.29) is 12.1 Å². The maximum atomic E-state index is 5.71. The van der Waals surface area contributed by atoms with E-state index in [1.807, 2.05) is 38.1 Å². The van der Waals surface area contributed by atoms with E-state index in [1.54, 1.807) is 7.11 Å². The van der Waals surface area contributed by atoms with Crippen molar-refractivity contribution in [1.82, 2.24) is 0 Å². The van der Waals surface area contributed by atoms with Crippen LogP contribution in [0, 0.1) is 0 Å². The number of benzene rings is 1. The molecule has 0 saturated carbocycles. The van der Waals surface area contributed by atoms with Crippen molar-refractivity contribution in [3.63, 3.8) is 0 Å². The highest BCUT2D eigenvalue weighted by Crippen LogP contribution is 2.26. The molecule has 14 heavy (non-hydrogen) atoms. The van der Waals surface area contributed by atoms with E-state index in [0.29, 0.717) is 0 Å². The number of rotatable bonds is 4. The summed E-state index contributed by atoms with van der Waals surface area (Å²) >= 11 is 0. The van der Waals surface area contributed by atoms with Gasteiger partial charge in [-0.05, 0) is 26.0 Å². The fraction of sp³-hybridized carbons (Fsp3) is 0.455. The summed E-state index contributed by atoms with van der Waals surface area (Å²) in [5, 5.41) is 0. The number of hydrogen-bond donors (Lipinski definition) is 1. The number of hydrogen-bond acceptors (Lipinski definition) is 3. The molecule has 0 saturated heterocycles. The Morgan fingerprint density at radius 1 is 1.14 bits per heavy atom. The predicted octanol–water partition coefficient (Wildman–Crippen LogP) is 1.81. The molecule has 3 heteroatoms. The van der Waals surface area contributed by atoms with Crippen LogP contribution in [0.15, 0.2) is 24.3 Å². The third-order valence-corrected chi connectivity index (χ3v) is 2.12. The molecular formula is C11H17NO2. The lowest BCUT2D eigenvalue weighted by molar-refractivity contribution is 0.188. The number of methoxy groups -OCH3 is 1. The first-order chi connectivity index (χ1) is 6.65. The van der Waals surface area contributed by atoms with Gasteiger partial charge < -0.3 is 15.2 Å². The first-order valence-corrected chi connectivity index (χ1v) is 4.70. The van der Waals surface area contributed by atoms with Gasteiger partial charge in [-0.2, -0.15) is 0 Å². The third-order valence-electron chi connectivity index (χ3n) is 2.12. The van der Waals surface area contributed by atoms with Gasteiger partial charge in [0, 0.05) is 6.04 Å². The molecule has 0 bridgehead atoms. The molecule has 1 aromatic rings. The molecular weight excluding hydrogens is 178 g/mol. The van der Waals surface area contributed by atoms with Crippen molar-refractivity contribution in [3.8, 4) is 11.5 Å². The molecule has 2 atom stereocenters. The van der Waals surface area contributed by atoms with Crippen LogP contribution in [0.2, 0.25) is 0 Å². The summed E-state index contributed by atoms with van der Waals surface area (Å²) in [5.41, 5.74) is 5.71. The monoisotopic (exact) mass is 195 g/mol. The zero-order chi connectivity index (χ0) is 10.6. The SMILES string of the molecule is COc1ccccc1OC(C)C(C)N. The van der Waals surface area contributed by atoms with Crippen LogP contribution < -0.4 is 15.2 Å². The van der Waals surface area contributed by atoms with E-state index in [0.717, 1.165) is 11.5 Å². The number of para-hydroxylation sites is 2. The van der Waals surface area contributed by atoms with Crippen LogP contribution >= 0.6 is 0 Å². The van der Waals surface area contributed by atoms with Gasteiger partial charge in [0.25, 0.3) is 0 Å². The lowest BCUT2D eigenvalue weighted by Gasteiger charge is -2.19. The standard InChI is InChI=1S/C11H17NO2/c1-8(12)9(2)14-11-7-5-4-6-10(11)13-3/h4-9H,12H2,1-3H3. The molecule has 2 unspecified atom stereocenters. The molecule has 3 nitrogen and oxygen atoms in total. The summed E-state index contributed by atoms with van der Waals surface area (Å²) in [6.07, 6.45) is -0.0219. The molecule has 0 aromatic heterocycles. The number of ether oxygens (including phenoxy) is 2. The molecule has 0 aliphatic carbocycles. The number of nitrogens with two attached hydrogens (primary N) is 1. The van der Waals surface area contributed by atoms with Crippen LogP contribution in [0.3, 0.4) is 0 Å². The maximum Gasteiger partial charge on any atom is 0.161 e. The van der Waals surface area contributed by atoms with Crippen molar-refractivity contribution in [2.24, 2.45) is 5.73 Å². The molecule has 2 N–H and O–H groups in total. The van der Waals surface area contributed by atoms with Gasteiger partial charge in [0.1, 0.15) is 6.10 Å². The van der Waals surface area contributed by atoms with Crippen LogP contribution in [-0.4, -0.2) is 19.3 Å². The quantitative estimate of drug-likeness (QED) is 0.796. The fourth-order valence-electron chi connectivity index (χ4n) is 1.02. The van der Waals surface area contributed by atoms with Gasteiger partial charge in [0.15, 0.2) is 11.5 Å². The Bertz CT molecular complexity index is 286. The van der Waals surface area contributed by atoms with Crippen LogP contribution in [0.25, 0.3) is 0 Å². The van der Waals surface area contributed by atoms with Gasteiger partial charge in [-0.1, -0.05) is 12.1 Å². The normalized spacial score (nSPS) is 14.6. The van der Waals surface area contributed by atoms with Crippen molar-refractivity contribution in [1.29, 1.82) is 0 Å². The van der Waals surface area contributed by atoms with Gasteiger partial charge in [-0.25, -0.2) is 0 Å². The molecule has 78 valence electrons. The van der Waals surface area contributed by atoms with E-state index < -0.39 is 0 Å². The van der Waals surface area contributed by atoms with Crippen LogP contribution in [0.1, 0.15) is 13.8 Å². The average Bonchev–Trinajstić information content (AvgIpc) is 2.18. The summed E-state index contributed by atoms with van der Waals surface area (Å²) in [5.74, 6) is 1.47. The smallest absolute Gasteiger partial charge is 0.161 e. The second-order valence-corrected chi connectivity index (χ2v) is 3.33. The second kappa shape index (κ2) is 4.86. The molecule has 0 spiro atoms. The van der Waals surface area contributed by atoms with Gasteiger partial charge in [0.2, 0.25) is 0 Å². The zero-order valence-electron chi connectivity index (χ0n) is 8.86. The van der Waals surface area contributed by atoms with Crippen molar-refractivity contribution in [2.75, 3.05) is 7.11 Å². The van der Waals surface area contributed by atoms with Crippen molar-refractivity contribution in [3.05, 3.63) is 24.3 Å². The average molecular weight is 195 g/mol. The predicted molar refractivity (Wildman–Crippen MR) is 56.7 cm³/mol. The largest absolute Gasteiger partial charge is 0.493 e. The minimum Gasteiger partial charge on any atom is -0.493 e. The molecule has 0 radical (unpaired) electrons. The van der Waals surface area contributed by atoms with Crippen molar-refractivity contribution >= 4 is 0 Å². The Labute approximate surface area is 84.8 Å². The van der Waals surface area contributed by atoms with Crippen molar-refractivity contribution in [2.45, 2.75) is 26.0 Å². The summed E-state index contributed by atoms with van der Waals surface area (Å²) in [7, 11) is 1.62. The molecule has 1 rings (SSSR count). The van der Waals surface area contributed by atoms with E-state index >= 15 is 0 Å². The Hall–Kier alpha value is -1.22. The van der Waals surface area contributed by atoms with E-state index in [2.05, 4.69) is 0 Å². The second-order valence-electron chi connectivity index (χ2n) is 3.33. The summed E-state index contributed by atoms with van der Waals surface area (Å²) < 4.78 is 10.8. The molecule has 0 amide bonds. The third kappa shape index (κ3) is 2.64. The van der Waals surface area contributed by atoms with Gasteiger partial charge >= 0.3 is 0 Å². The zero-order valence-corrected chi connectivity index (χ0v) is 8.86. The van der Waals surface area contributed by atoms with Crippen LogP contribution in [-0.2, 0) is 0 Å². The fourth-order valence-corrected chi connectivity index (χ4v) is 1.02. The maximum absolute atomic E-state index is 5.71. The van der Waals surface area contributed by atoms with Crippen LogP contribution in [0.5, 0.6) is 11.5 Å². The minimum atomic E-state index is -0.0219. The lowest BCUT2D eigenvalue weighted by atomic mass is 10.2. The van der Waals surface area contributed by atoms with E-state index in [4.69, 9.17) is 15.2 Å². The summed E-state index contributed by atoms with van der Waals surface area (Å²) in [4.78, 5) is 0. The Balaban J connectivity index is 2.75. The Morgan fingerprint density at radius 3 is 2.21 bits per heavy atom. The van der Waals surface area contributed by atoms with Gasteiger partial charge in [-0.15, -0.1) is 0 Å². The highest BCUT2D eigenvalue weighted by atomic mass is 16.5. The Kier molecular flexibility index (Phi) is 3.77. The molecule has 0 heterocycles. The summed E-state index contributed by atoms with van der Waals surface area (Å²) in [6.45, 7) is 3.86. The molecule has 0 fully saturated rings. The summed E-state index contributed by atoms with van der Waals surface area (Å²) in [6, 6.07) is 7.55. The van der Waals surface area contributed by atoms with Gasteiger partial charge in [0.05, 0.1) is 7.11 Å². The van der Waals surface area contributed by atoms with Crippen molar-refractivity contribution < 1.29 is 9.47 Å². The first-order valence-electron chi connectivity index (χ1n) is 4.70. The Morgan fingerprint density at radius 2 is 1.71 bits per heavy atom. The molecule has 0 aliphatic heterocycles. The highest BCUT2D eigenvalue weighted by Gasteiger charge is 2.11. The topological polar surface area (TPSA) is 44.5 Å². The highest BCUT2D eigenvalue weighted by molar-refractivity contribution is 5.39. The van der Waals surface area contributed by atoms with Crippen LogP contribution in [0.4, 0.5) is 0 Å².